The summed E-state index contributed by atoms with van der Waals surface area (Å²) in [6.07, 6.45) is 2.56. The van der Waals surface area contributed by atoms with Crippen molar-refractivity contribution in [2.45, 2.75) is 44.8 Å². The number of amides is 2. The molecule has 5 atom stereocenters. The summed E-state index contributed by atoms with van der Waals surface area (Å²) in [6.45, 7) is 5.98. The van der Waals surface area contributed by atoms with Gasteiger partial charge >= 0.3 is 6.03 Å². The quantitative estimate of drug-likeness (QED) is 0.898. The molecule has 4 rings (SSSR count). The number of fused-ring (bicyclic) bond motifs is 1. The van der Waals surface area contributed by atoms with Crippen LogP contribution in [-0.4, -0.2) is 31.3 Å². The molecule has 2 amide bonds. The van der Waals surface area contributed by atoms with E-state index in [-0.39, 0.29) is 17.5 Å². The highest BCUT2D eigenvalue weighted by molar-refractivity contribution is 5.74. The van der Waals surface area contributed by atoms with Gasteiger partial charge in [0, 0.05) is 30.5 Å². The third kappa shape index (κ3) is 2.63. The summed E-state index contributed by atoms with van der Waals surface area (Å²) in [4.78, 5) is 12.2. The van der Waals surface area contributed by atoms with E-state index in [9.17, 15) is 4.79 Å². The van der Waals surface area contributed by atoms with Crippen LogP contribution in [0.15, 0.2) is 30.3 Å². The number of carbonyl (C=O) groups excluding carboxylic acids is 1. The molecular weight excluding hydrogens is 288 g/mol. The van der Waals surface area contributed by atoms with E-state index < -0.39 is 0 Å². The predicted molar refractivity (Wildman–Crippen MR) is 89.2 cm³/mol. The molecule has 2 saturated carbocycles. The lowest BCUT2D eigenvalue weighted by molar-refractivity contribution is -0.108. The lowest BCUT2D eigenvalue weighted by Crippen LogP contribution is -2.67. The molecule has 3 aliphatic rings. The van der Waals surface area contributed by atoms with Crippen LogP contribution < -0.4 is 10.6 Å². The average molecular weight is 314 g/mol. The summed E-state index contributed by atoms with van der Waals surface area (Å²) in [7, 11) is 0. The SMILES string of the molecule is CC1(C)[C@H](NC(=O)NC[C@@H]2C[C@@H]2c2ccccc2)[C@@H]2CCO[C@@H]21. The van der Waals surface area contributed by atoms with Crippen LogP contribution in [-0.2, 0) is 4.74 Å². The highest BCUT2D eigenvalue weighted by Gasteiger charge is 2.59. The number of carbonyl (C=O) groups is 1. The number of benzene rings is 1. The number of urea groups is 1. The molecule has 1 aromatic rings. The highest BCUT2D eigenvalue weighted by Crippen LogP contribution is 2.52. The van der Waals surface area contributed by atoms with Crippen molar-refractivity contribution in [3.05, 3.63) is 35.9 Å². The van der Waals surface area contributed by atoms with Crippen LogP contribution in [0.25, 0.3) is 0 Å². The Kier molecular flexibility index (Phi) is 3.60. The zero-order valence-electron chi connectivity index (χ0n) is 13.9. The first kappa shape index (κ1) is 15.0. The first-order valence-electron chi connectivity index (χ1n) is 8.78. The van der Waals surface area contributed by atoms with Crippen molar-refractivity contribution in [3.8, 4) is 0 Å². The van der Waals surface area contributed by atoms with Crippen molar-refractivity contribution < 1.29 is 9.53 Å². The number of hydrogen-bond acceptors (Lipinski definition) is 2. The molecule has 0 aromatic heterocycles. The van der Waals surface area contributed by atoms with Crippen molar-refractivity contribution in [3.63, 3.8) is 0 Å². The summed E-state index contributed by atoms with van der Waals surface area (Å²) in [6, 6.07) is 10.8. The fourth-order valence-corrected chi connectivity index (χ4v) is 4.61. The summed E-state index contributed by atoms with van der Waals surface area (Å²) >= 11 is 0. The van der Waals surface area contributed by atoms with E-state index in [1.165, 1.54) is 12.0 Å². The van der Waals surface area contributed by atoms with E-state index in [2.05, 4.69) is 48.7 Å². The zero-order valence-corrected chi connectivity index (χ0v) is 13.9. The molecule has 1 aliphatic heterocycles. The van der Waals surface area contributed by atoms with Gasteiger partial charge in [-0.05, 0) is 30.2 Å². The second kappa shape index (κ2) is 5.52. The Balaban J connectivity index is 1.24. The van der Waals surface area contributed by atoms with Gasteiger partial charge < -0.3 is 15.4 Å². The van der Waals surface area contributed by atoms with E-state index in [4.69, 9.17) is 4.74 Å². The molecule has 3 fully saturated rings. The average Bonchev–Trinajstić information content (AvgIpc) is 3.19. The standard InChI is InChI=1S/C19H26N2O2/c1-19(2)16(14-8-9-23-17(14)19)21-18(22)20-11-13-10-15(13)12-6-4-3-5-7-12/h3-7,13-17H,8-11H2,1-2H3,(H2,20,21,22)/t13-,14-,15+,16+,17-/m0/s1. The van der Waals surface area contributed by atoms with Crippen molar-refractivity contribution >= 4 is 6.03 Å². The van der Waals surface area contributed by atoms with Crippen LogP contribution in [0.1, 0.15) is 38.2 Å². The Hall–Kier alpha value is -1.55. The lowest BCUT2D eigenvalue weighted by atomic mass is 9.57. The molecular formula is C19H26N2O2. The van der Waals surface area contributed by atoms with Crippen LogP contribution in [0.2, 0.25) is 0 Å². The van der Waals surface area contributed by atoms with Gasteiger partial charge in [-0.25, -0.2) is 4.79 Å². The van der Waals surface area contributed by atoms with Crippen LogP contribution >= 0.6 is 0 Å². The van der Waals surface area contributed by atoms with Gasteiger partial charge in [-0.2, -0.15) is 0 Å². The van der Waals surface area contributed by atoms with E-state index in [1.54, 1.807) is 0 Å². The Bertz CT molecular complexity index is 586. The lowest BCUT2D eigenvalue weighted by Gasteiger charge is -2.54. The molecule has 0 radical (unpaired) electrons. The molecule has 0 unspecified atom stereocenters. The summed E-state index contributed by atoms with van der Waals surface area (Å²) < 4.78 is 5.78. The topological polar surface area (TPSA) is 50.4 Å². The Morgan fingerprint density at radius 1 is 1.30 bits per heavy atom. The van der Waals surface area contributed by atoms with Gasteiger partial charge in [0.25, 0.3) is 0 Å². The zero-order chi connectivity index (χ0) is 16.0. The highest BCUT2D eigenvalue weighted by atomic mass is 16.5. The maximum atomic E-state index is 12.2. The summed E-state index contributed by atoms with van der Waals surface area (Å²) in [5.41, 5.74) is 1.44. The molecule has 1 heterocycles. The fraction of sp³-hybridized carbons (Fsp3) is 0.632. The first-order chi connectivity index (χ1) is 11.1. The van der Waals surface area contributed by atoms with Crippen LogP contribution in [0.3, 0.4) is 0 Å². The van der Waals surface area contributed by atoms with E-state index in [0.717, 1.165) is 19.6 Å². The number of hydrogen-bond donors (Lipinski definition) is 2. The maximum Gasteiger partial charge on any atom is 0.315 e. The summed E-state index contributed by atoms with van der Waals surface area (Å²) in [5.74, 6) is 1.69. The van der Waals surface area contributed by atoms with Gasteiger partial charge in [0.1, 0.15) is 0 Å². The smallest absolute Gasteiger partial charge is 0.315 e. The van der Waals surface area contributed by atoms with E-state index >= 15 is 0 Å². The monoisotopic (exact) mass is 314 g/mol. The summed E-state index contributed by atoms with van der Waals surface area (Å²) in [5, 5.41) is 6.26. The van der Waals surface area contributed by atoms with E-state index in [1.807, 2.05) is 6.07 Å². The molecule has 124 valence electrons. The molecule has 0 spiro atoms. The van der Waals surface area contributed by atoms with Crippen molar-refractivity contribution in [1.29, 1.82) is 0 Å². The number of rotatable bonds is 4. The molecule has 1 saturated heterocycles. The minimum atomic E-state index is -0.0212. The fourth-order valence-electron chi connectivity index (χ4n) is 4.61. The maximum absolute atomic E-state index is 12.2. The van der Waals surface area contributed by atoms with Gasteiger partial charge in [-0.3, -0.25) is 0 Å². The molecule has 0 bridgehead atoms. The second-order valence-electron chi connectivity index (χ2n) is 7.91. The van der Waals surface area contributed by atoms with Crippen LogP contribution in [0.5, 0.6) is 0 Å². The Morgan fingerprint density at radius 3 is 2.87 bits per heavy atom. The predicted octanol–water partition coefficient (Wildman–Crippen LogP) is 2.90. The van der Waals surface area contributed by atoms with Gasteiger partial charge in [-0.1, -0.05) is 44.2 Å². The van der Waals surface area contributed by atoms with Crippen molar-refractivity contribution in [2.24, 2.45) is 17.3 Å². The Labute approximate surface area is 138 Å². The third-order valence-electron chi connectivity index (χ3n) is 6.06. The van der Waals surface area contributed by atoms with Crippen molar-refractivity contribution in [1.82, 2.24) is 10.6 Å². The Morgan fingerprint density at radius 2 is 2.09 bits per heavy atom. The van der Waals surface area contributed by atoms with Gasteiger partial charge in [0.15, 0.2) is 0 Å². The van der Waals surface area contributed by atoms with E-state index in [0.29, 0.717) is 23.9 Å². The molecule has 23 heavy (non-hydrogen) atoms. The largest absolute Gasteiger partial charge is 0.377 e. The molecule has 2 N–H and O–H groups in total. The molecule has 1 aromatic carbocycles. The minimum Gasteiger partial charge on any atom is -0.377 e. The van der Waals surface area contributed by atoms with Crippen LogP contribution in [0, 0.1) is 17.3 Å². The van der Waals surface area contributed by atoms with Gasteiger partial charge in [0.2, 0.25) is 0 Å². The first-order valence-corrected chi connectivity index (χ1v) is 8.78. The number of ether oxygens (including phenoxy) is 1. The molecule has 4 heteroatoms. The van der Waals surface area contributed by atoms with Crippen LogP contribution in [0.4, 0.5) is 4.79 Å². The normalized spacial score (nSPS) is 36.7. The number of nitrogens with one attached hydrogen (secondary N) is 2. The van der Waals surface area contributed by atoms with Gasteiger partial charge in [-0.15, -0.1) is 0 Å². The second-order valence-corrected chi connectivity index (χ2v) is 7.91. The third-order valence-corrected chi connectivity index (χ3v) is 6.06. The molecule has 4 nitrogen and oxygen atoms in total. The molecule has 2 aliphatic carbocycles. The minimum absolute atomic E-state index is 0.0212. The van der Waals surface area contributed by atoms with Crippen molar-refractivity contribution in [2.75, 3.05) is 13.2 Å². The van der Waals surface area contributed by atoms with Gasteiger partial charge in [0.05, 0.1) is 6.10 Å².